The second-order valence-corrected chi connectivity index (χ2v) is 3.07. The van der Waals surface area contributed by atoms with E-state index in [4.69, 9.17) is 21.8 Å². The topological polar surface area (TPSA) is 74.6 Å². The molecule has 0 saturated heterocycles. The second-order valence-electron chi connectivity index (χ2n) is 2.48. The Kier molecular flexibility index (Phi) is 2.87. The van der Waals surface area contributed by atoms with Crippen molar-refractivity contribution < 1.29 is 19.8 Å². The van der Waals surface area contributed by atoms with Crippen molar-refractivity contribution in [1.29, 1.82) is 0 Å². The van der Waals surface area contributed by atoms with Gasteiger partial charge in [-0.15, -0.1) is 0 Å². The van der Waals surface area contributed by atoms with E-state index in [0.717, 1.165) is 0 Å². The summed E-state index contributed by atoms with van der Waals surface area (Å²) in [5.74, 6) is -3.71. The quantitative estimate of drug-likeness (QED) is 0.498. The van der Waals surface area contributed by atoms with Crippen LogP contribution in [-0.4, -0.2) is 27.0 Å². The van der Waals surface area contributed by atoms with Gasteiger partial charge < -0.3 is 10.2 Å². The van der Waals surface area contributed by atoms with Crippen LogP contribution in [0.25, 0.3) is 0 Å². The minimum Gasteiger partial charge on any atom is -0.479 e. The van der Waals surface area contributed by atoms with Crippen LogP contribution in [0.5, 0.6) is 0 Å². The van der Waals surface area contributed by atoms with Crippen molar-refractivity contribution in [3.05, 3.63) is 0 Å². The van der Waals surface area contributed by atoms with Gasteiger partial charge in [-0.05, 0) is 5.92 Å². The van der Waals surface area contributed by atoms with E-state index in [9.17, 15) is 9.59 Å². The van der Waals surface area contributed by atoms with Gasteiger partial charge in [-0.1, -0.05) is 25.4 Å². The fraction of sp³-hybridized carbons (Fsp3) is 0.667. The van der Waals surface area contributed by atoms with E-state index in [-0.39, 0.29) is 0 Å². The molecule has 0 spiro atoms. The number of rotatable bonds is 3. The Morgan fingerprint density at radius 3 is 1.55 bits per heavy atom. The average molecular weight is 181 g/mol. The van der Waals surface area contributed by atoms with Gasteiger partial charge >= 0.3 is 11.9 Å². The minimum absolute atomic E-state index is 0.654. The van der Waals surface area contributed by atoms with Gasteiger partial charge in [0.25, 0.3) is 0 Å². The molecule has 0 aliphatic carbocycles. The Labute approximate surface area is 68.8 Å². The molecule has 2 N–H and O–H groups in total. The highest BCUT2D eigenvalue weighted by Crippen LogP contribution is 2.25. The van der Waals surface area contributed by atoms with E-state index in [1.54, 1.807) is 0 Å². The molecule has 0 aromatic heterocycles. The van der Waals surface area contributed by atoms with Crippen LogP contribution in [0.3, 0.4) is 0 Å². The van der Waals surface area contributed by atoms with Crippen molar-refractivity contribution in [3.63, 3.8) is 0 Å². The second kappa shape index (κ2) is 3.09. The highest BCUT2D eigenvalue weighted by molar-refractivity contribution is 6.44. The van der Waals surface area contributed by atoms with Crippen LogP contribution >= 0.6 is 11.6 Å². The maximum Gasteiger partial charge on any atom is 0.336 e. The predicted molar refractivity (Wildman–Crippen MR) is 38.7 cm³/mol. The number of carboxylic acid groups (broad SMARTS) is 2. The molecule has 0 saturated carbocycles. The summed E-state index contributed by atoms with van der Waals surface area (Å²) in [6.07, 6.45) is 0. The van der Waals surface area contributed by atoms with Crippen LogP contribution in [-0.2, 0) is 9.59 Å². The van der Waals surface area contributed by atoms with Gasteiger partial charge in [0, 0.05) is 0 Å². The van der Waals surface area contributed by atoms with Gasteiger partial charge in [0.2, 0.25) is 4.87 Å². The monoisotopic (exact) mass is 180 g/mol. The number of aliphatic carboxylic acids is 2. The molecule has 0 bridgehead atoms. The van der Waals surface area contributed by atoms with Crippen molar-refractivity contribution in [2.45, 2.75) is 18.7 Å². The molecule has 0 fully saturated rings. The Morgan fingerprint density at radius 1 is 1.27 bits per heavy atom. The van der Waals surface area contributed by atoms with Crippen LogP contribution in [0.15, 0.2) is 0 Å². The van der Waals surface area contributed by atoms with Crippen LogP contribution in [0.2, 0.25) is 0 Å². The van der Waals surface area contributed by atoms with Crippen molar-refractivity contribution in [2.75, 3.05) is 0 Å². The van der Waals surface area contributed by atoms with Gasteiger partial charge in [-0.2, -0.15) is 0 Å². The Bertz CT molecular complexity index is 173. The molecule has 0 amide bonds. The zero-order chi connectivity index (χ0) is 9.23. The lowest BCUT2D eigenvalue weighted by molar-refractivity contribution is -0.154. The molecule has 0 aromatic rings. The molecule has 0 unspecified atom stereocenters. The Morgan fingerprint density at radius 2 is 1.55 bits per heavy atom. The van der Waals surface area contributed by atoms with Crippen LogP contribution in [0, 0.1) is 5.92 Å². The summed E-state index contributed by atoms with van der Waals surface area (Å²) in [6, 6.07) is 0. The molecule has 0 heterocycles. The van der Waals surface area contributed by atoms with Crippen molar-refractivity contribution in [3.8, 4) is 0 Å². The lowest BCUT2D eigenvalue weighted by Gasteiger charge is -2.20. The van der Waals surface area contributed by atoms with E-state index in [1.165, 1.54) is 13.8 Å². The van der Waals surface area contributed by atoms with Gasteiger partial charge in [-0.3, -0.25) is 0 Å². The smallest absolute Gasteiger partial charge is 0.336 e. The van der Waals surface area contributed by atoms with E-state index in [0.29, 0.717) is 0 Å². The van der Waals surface area contributed by atoms with Gasteiger partial charge in [0.1, 0.15) is 0 Å². The normalized spacial score (nSPS) is 11.6. The van der Waals surface area contributed by atoms with Gasteiger partial charge in [-0.25, -0.2) is 9.59 Å². The molecule has 0 atom stereocenters. The summed E-state index contributed by atoms with van der Waals surface area (Å²) in [5, 5.41) is 16.9. The number of hydrogen-bond acceptors (Lipinski definition) is 2. The van der Waals surface area contributed by atoms with E-state index >= 15 is 0 Å². The first kappa shape index (κ1) is 10.2. The standard InChI is InChI=1S/C6H9ClO4/c1-3(2)6(7,4(8)9)5(10)11/h3H,1-2H3,(H,8,9)(H,10,11). The SMILES string of the molecule is CC(C)C(Cl)(C(=O)O)C(=O)O. The fourth-order valence-electron chi connectivity index (χ4n) is 0.585. The fourth-order valence-corrected chi connectivity index (χ4v) is 0.585. The Balaban J connectivity index is 4.82. The first-order valence-electron chi connectivity index (χ1n) is 2.99. The molecule has 4 nitrogen and oxygen atoms in total. The van der Waals surface area contributed by atoms with Crippen LogP contribution in [0.1, 0.15) is 13.8 Å². The number of carbonyl (C=O) groups is 2. The summed E-state index contributed by atoms with van der Waals surface area (Å²) in [7, 11) is 0. The Hall–Kier alpha value is -0.770. The molecule has 0 aliphatic rings. The van der Waals surface area contributed by atoms with E-state index in [2.05, 4.69) is 0 Å². The summed E-state index contributed by atoms with van der Waals surface area (Å²) in [4.78, 5) is 18.6. The summed E-state index contributed by atoms with van der Waals surface area (Å²) in [5.41, 5.74) is 0. The van der Waals surface area contributed by atoms with Gasteiger partial charge in [0.05, 0.1) is 0 Å². The summed E-state index contributed by atoms with van der Waals surface area (Å²) in [6.45, 7) is 2.88. The van der Waals surface area contributed by atoms with Gasteiger partial charge in [0.15, 0.2) is 0 Å². The maximum atomic E-state index is 10.4. The number of alkyl halides is 1. The highest BCUT2D eigenvalue weighted by Gasteiger charge is 2.47. The van der Waals surface area contributed by atoms with E-state index < -0.39 is 22.7 Å². The molecule has 5 heteroatoms. The molecule has 11 heavy (non-hydrogen) atoms. The molecule has 0 radical (unpaired) electrons. The molecule has 0 aliphatic heterocycles. The van der Waals surface area contributed by atoms with Crippen molar-refractivity contribution in [1.82, 2.24) is 0 Å². The molecular weight excluding hydrogens is 172 g/mol. The molecule has 0 aromatic carbocycles. The molecule has 0 rings (SSSR count). The van der Waals surface area contributed by atoms with Crippen LogP contribution < -0.4 is 0 Å². The minimum atomic E-state index is -2.19. The lowest BCUT2D eigenvalue weighted by atomic mass is 9.95. The molecular formula is C6H9ClO4. The van der Waals surface area contributed by atoms with Crippen LogP contribution in [0.4, 0.5) is 0 Å². The van der Waals surface area contributed by atoms with Crippen molar-refractivity contribution >= 4 is 23.5 Å². The molecule has 64 valence electrons. The van der Waals surface area contributed by atoms with E-state index in [1.807, 2.05) is 0 Å². The zero-order valence-electron chi connectivity index (χ0n) is 6.17. The number of carboxylic acids is 2. The summed E-state index contributed by atoms with van der Waals surface area (Å²) < 4.78 is 0. The third-order valence-corrected chi connectivity index (χ3v) is 2.18. The lowest BCUT2D eigenvalue weighted by Crippen LogP contribution is -2.45. The average Bonchev–Trinajstić information content (AvgIpc) is 1.84. The van der Waals surface area contributed by atoms with Crippen molar-refractivity contribution in [2.24, 2.45) is 5.92 Å². The predicted octanol–water partition coefficient (Wildman–Crippen LogP) is 0.789. The third-order valence-electron chi connectivity index (χ3n) is 1.42. The largest absolute Gasteiger partial charge is 0.479 e. The number of halogens is 1. The first-order chi connectivity index (χ1) is 4.83. The number of hydrogen-bond donors (Lipinski definition) is 2. The highest BCUT2D eigenvalue weighted by atomic mass is 35.5. The first-order valence-corrected chi connectivity index (χ1v) is 3.37. The maximum absolute atomic E-state index is 10.4. The third kappa shape index (κ3) is 1.63. The zero-order valence-corrected chi connectivity index (χ0v) is 6.92. The summed E-state index contributed by atoms with van der Waals surface area (Å²) >= 11 is 5.34.